The van der Waals surface area contributed by atoms with E-state index in [1.807, 2.05) is 69.0 Å². The maximum atomic E-state index is 13.5. The topological polar surface area (TPSA) is 80.9 Å². The van der Waals surface area contributed by atoms with E-state index in [9.17, 15) is 9.59 Å². The zero-order valence-corrected chi connectivity index (χ0v) is 20.7. The Morgan fingerprint density at radius 1 is 1.06 bits per heavy atom. The first kappa shape index (κ1) is 23.7. The normalized spacial score (nSPS) is 15.7. The third-order valence-corrected chi connectivity index (χ3v) is 6.23. The van der Waals surface area contributed by atoms with Crippen LogP contribution in [-0.2, 0) is 11.2 Å². The number of ether oxygens (including phenoxy) is 3. The van der Waals surface area contributed by atoms with Crippen LogP contribution >= 0.6 is 0 Å². The molecule has 0 fully saturated rings. The standard InChI is InChI=1S/C27H32N2O5/c1-7-34-18-8-9-21-17(12-18)13-20(25(30)28-21)24-19-15-23(33-6)22(32-5)14-16(19)10-11-29(24)26(31)27(2,3)4/h8-9,12-15,24H,7,10-11H2,1-6H3,(H,28,30). The molecule has 1 aliphatic heterocycles. The van der Waals surface area contributed by atoms with Crippen molar-refractivity contribution < 1.29 is 19.0 Å². The summed E-state index contributed by atoms with van der Waals surface area (Å²) in [5, 5.41) is 0.844. The second-order valence-electron chi connectivity index (χ2n) is 9.54. The fraction of sp³-hybridized carbons (Fsp3) is 0.407. The summed E-state index contributed by atoms with van der Waals surface area (Å²) < 4.78 is 16.7. The summed E-state index contributed by atoms with van der Waals surface area (Å²) in [4.78, 5) is 31.7. The number of carbonyl (C=O) groups is 1. The highest BCUT2D eigenvalue weighted by Crippen LogP contribution is 2.42. The number of aromatic nitrogens is 1. The van der Waals surface area contributed by atoms with Gasteiger partial charge in [0.05, 0.1) is 26.9 Å². The van der Waals surface area contributed by atoms with Crippen LogP contribution < -0.4 is 19.8 Å². The number of amides is 1. The van der Waals surface area contributed by atoms with E-state index in [1.165, 1.54) is 0 Å². The Balaban J connectivity index is 1.96. The van der Waals surface area contributed by atoms with E-state index in [2.05, 4.69) is 4.98 Å². The highest BCUT2D eigenvalue weighted by molar-refractivity contribution is 5.84. The summed E-state index contributed by atoms with van der Waals surface area (Å²) in [5.74, 6) is 1.91. The average molecular weight is 465 g/mol. The molecule has 0 bridgehead atoms. The van der Waals surface area contributed by atoms with Crippen LogP contribution in [0, 0.1) is 5.41 Å². The Hall–Kier alpha value is -3.48. The van der Waals surface area contributed by atoms with Gasteiger partial charge in [-0.2, -0.15) is 0 Å². The lowest BCUT2D eigenvalue weighted by Crippen LogP contribution is -2.47. The van der Waals surface area contributed by atoms with Gasteiger partial charge >= 0.3 is 0 Å². The fourth-order valence-corrected chi connectivity index (χ4v) is 4.59. The van der Waals surface area contributed by atoms with Crippen LogP contribution in [0.5, 0.6) is 17.2 Å². The van der Waals surface area contributed by atoms with Gasteiger partial charge in [0.25, 0.3) is 5.56 Å². The molecule has 1 atom stereocenters. The largest absolute Gasteiger partial charge is 0.494 e. The third kappa shape index (κ3) is 4.22. The summed E-state index contributed by atoms with van der Waals surface area (Å²) >= 11 is 0. The number of carbonyl (C=O) groups excluding carboxylic acids is 1. The number of pyridine rings is 1. The van der Waals surface area contributed by atoms with Crippen molar-refractivity contribution in [2.45, 2.75) is 40.2 Å². The van der Waals surface area contributed by atoms with Crippen molar-refractivity contribution in [2.75, 3.05) is 27.4 Å². The smallest absolute Gasteiger partial charge is 0.254 e. The molecule has 2 aromatic carbocycles. The van der Waals surface area contributed by atoms with Gasteiger partial charge in [-0.25, -0.2) is 0 Å². The lowest BCUT2D eigenvalue weighted by atomic mass is 9.85. The zero-order chi connectivity index (χ0) is 24.6. The van der Waals surface area contributed by atoms with E-state index in [4.69, 9.17) is 14.2 Å². The summed E-state index contributed by atoms with van der Waals surface area (Å²) in [6.45, 7) is 8.67. The number of nitrogens with one attached hydrogen (secondary N) is 1. The van der Waals surface area contributed by atoms with Crippen molar-refractivity contribution in [1.82, 2.24) is 9.88 Å². The van der Waals surface area contributed by atoms with Crippen molar-refractivity contribution in [3.63, 3.8) is 0 Å². The number of rotatable bonds is 5. The van der Waals surface area contributed by atoms with E-state index in [0.29, 0.717) is 42.2 Å². The maximum Gasteiger partial charge on any atom is 0.254 e. The van der Waals surface area contributed by atoms with E-state index < -0.39 is 11.5 Å². The van der Waals surface area contributed by atoms with Crippen LogP contribution in [0.1, 0.15) is 50.4 Å². The molecule has 0 saturated heterocycles. The molecular weight excluding hydrogens is 432 g/mol. The van der Waals surface area contributed by atoms with Crippen LogP contribution in [0.2, 0.25) is 0 Å². The Morgan fingerprint density at radius 2 is 1.76 bits per heavy atom. The van der Waals surface area contributed by atoms with Gasteiger partial charge in [0.2, 0.25) is 5.91 Å². The van der Waals surface area contributed by atoms with Gasteiger partial charge < -0.3 is 24.1 Å². The Bertz CT molecular complexity index is 1290. The van der Waals surface area contributed by atoms with Crippen molar-refractivity contribution in [3.8, 4) is 17.2 Å². The zero-order valence-electron chi connectivity index (χ0n) is 20.7. The summed E-state index contributed by atoms with van der Waals surface area (Å²) in [7, 11) is 3.18. The van der Waals surface area contributed by atoms with Crippen LogP contribution in [0.25, 0.3) is 10.9 Å². The van der Waals surface area contributed by atoms with Crippen LogP contribution in [0.15, 0.2) is 41.2 Å². The molecule has 34 heavy (non-hydrogen) atoms. The van der Waals surface area contributed by atoms with Gasteiger partial charge in [0, 0.05) is 28.4 Å². The molecule has 7 nitrogen and oxygen atoms in total. The van der Waals surface area contributed by atoms with Gasteiger partial charge in [0.1, 0.15) is 5.75 Å². The first-order valence-corrected chi connectivity index (χ1v) is 11.5. The fourth-order valence-electron chi connectivity index (χ4n) is 4.59. The lowest BCUT2D eigenvalue weighted by Gasteiger charge is -2.40. The number of aromatic amines is 1. The highest BCUT2D eigenvalue weighted by atomic mass is 16.5. The van der Waals surface area contributed by atoms with Gasteiger partial charge in [-0.1, -0.05) is 20.8 Å². The van der Waals surface area contributed by atoms with Gasteiger partial charge in [-0.05, 0) is 60.9 Å². The molecule has 0 aliphatic carbocycles. The second-order valence-corrected chi connectivity index (χ2v) is 9.54. The predicted octanol–water partition coefficient (Wildman–Crippen LogP) is 4.46. The average Bonchev–Trinajstić information content (AvgIpc) is 2.81. The quantitative estimate of drug-likeness (QED) is 0.603. The summed E-state index contributed by atoms with van der Waals surface area (Å²) in [6, 6.07) is 10.7. The van der Waals surface area contributed by atoms with Crippen LogP contribution in [0.4, 0.5) is 0 Å². The third-order valence-electron chi connectivity index (χ3n) is 6.23. The molecule has 0 spiro atoms. The summed E-state index contributed by atoms with van der Waals surface area (Å²) in [5.41, 5.74) is 2.30. The molecule has 1 aromatic heterocycles. The number of benzene rings is 2. The van der Waals surface area contributed by atoms with Crippen molar-refractivity contribution >= 4 is 16.8 Å². The molecule has 1 N–H and O–H groups in total. The molecular formula is C27H32N2O5. The van der Waals surface area contributed by atoms with Crippen molar-refractivity contribution in [3.05, 3.63) is 63.4 Å². The number of nitrogens with zero attached hydrogens (tertiary/aromatic N) is 1. The first-order valence-electron chi connectivity index (χ1n) is 11.5. The van der Waals surface area contributed by atoms with Gasteiger partial charge in [-0.3, -0.25) is 9.59 Å². The molecule has 0 saturated carbocycles. The van der Waals surface area contributed by atoms with Gasteiger partial charge in [0.15, 0.2) is 11.5 Å². The monoisotopic (exact) mass is 464 g/mol. The van der Waals surface area contributed by atoms with Crippen LogP contribution in [0.3, 0.4) is 0 Å². The number of methoxy groups -OCH3 is 2. The maximum absolute atomic E-state index is 13.5. The van der Waals surface area contributed by atoms with E-state index in [-0.39, 0.29) is 11.5 Å². The lowest BCUT2D eigenvalue weighted by molar-refractivity contribution is -0.141. The van der Waals surface area contributed by atoms with E-state index >= 15 is 0 Å². The first-order chi connectivity index (χ1) is 16.2. The number of fused-ring (bicyclic) bond motifs is 2. The van der Waals surface area contributed by atoms with E-state index in [0.717, 1.165) is 22.3 Å². The number of H-pyrrole nitrogens is 1. The Morgan fingerprint density at radius 3 is 2.41 bits per heavy atom. The SMILES string of the molecule is CCOc1ccc2[nH]c(=O)c(C3c4cc(OC)c(OC)cc4CCN3C(=O)C(C)(C)C)cc2c1. The van der Waals surface area contributed by atoms with Crippen molar-refractivity contribution in [1.29, 1.82) is 0 Å². The number of hydrogen-bond acceptors (Lipinski definition) is 5. The molecule has 2 heterocycles. The molecule has 1 amide bonds. The minimum atomic E-state index is -0.599. The number of hydrogen-bond donors (Lipinski definition) is 1. The summed E-state index contributed by atoms with van der Waals surface area (Å²) in [6.07, 6.45) is 0.661. The van der Waals surface area contributed by atoms with Crippen LogP contribution in [-0.4, -0.2) is 43.2 Å². The molecule has 7 heteroatoms. The van der Waals surface area contributed by atoms with E-state index in [1.54, 1.807) is 14.2 Å². The molecule has 1 aliphatic rings. The minimum Gasteiger partial charge on any atom is -0.494 e. The second kappa shape index (κ2) is 9.05. The molecule has 4 rings (SSSR count). The Kier molecular flexibility index (Phi) is 6.30. The molecule has 180 valence electrons. The van der Waals surface area contributed by atoms with Crippen molar-refractivity contribution in [2.24, 2.45) is 5.41 Å². The molecule has 1 unspecified atom stereocenters. The molecule has 3 aromatic rings. The highest BCUT2D eigenvalue weighted by Gasteiger charge is 2.38. The Labute approximate surface area is 199 Å². The van der Waals surface area contributed by atoms with Gasteiger partial charge in [-0.15, -0.1) is 0 Å². The predicted molar refractivity (Wildman–Crippen MR) is 132 cm³/mol. The molecule has 0 radical (unpaired) electrons. The minimum absolute atomic E-state index is 0.0134.